The second-order valence-electron chi connectivity index (χ2n) is 7.82. The van der Waals surface area contributed by atoms with Crippen LogP contribution in [0.4, 0.5) is 5.95 Å². The van der Waals surface area contributed by atoms with Crippen LogP contribution in [0, 0.1) is 6.92 Å². The van der Waals surface area contributed by atoms with Gasteiger partial charge in [-0.15, -0.1) is 0 Å². The summed E-state index contributed by atoms with van der Waals surface area (Å²) in [5.74, 6) is 0.883. The molecule has 2 saturated heterocycles. The molecule has 3 aliphatic heterocycles. The fraction of sp³-hybridized carbons (Fsp3) is 0.600. The first-order chi connectivity index (χ1) is 13.7. The van der Waals surface area contributed by atoms with E-state index in [1.165, 1.54) is 0 Å². The molecule has 0 spiro atoms. The van der Waals surface area contributed by atoms with Crippen LogP contribution in [0.5, 0.6) is 0 Å². The number of rotatable bonds is 3. The summed E-state index contributed by atoms with van der Waals surface area (Å²) in [5.41, 5.74) is 3.73. The third kappa shape index (κ3) is 2.78. The average Bonchev–Trinajstić information content (AvgIpc) is 3.26. The minimum atomic E-state index is 0.0735. The van der Waals surface area contributed by atoms with E-state index in [4.69, 9.17) is 9.72 Å². The summed E-state index contributed by atoms with van der Waals surface area (Å²) < 4.78 is 7.27. The molecule has 0 aliphatic carbocycles. The lowest BCUT2D eigenvalue weighted by Crippen LogP contribution is -2.43. The van der Waals surface area contributed by atoms with Crippen molar-refractivity contribution in [2.24, 2.45) is 0 Å². The van der Waals surface area contributed by atoms with Crippen LogP contribution in [0.1, 0.15) is 53.1 Å². The van der Waals surface area contributed by atoms with Crippen LogP contribution >= 0.6 is 0 Å². The fourth-order valence-corrected chi connectivity index (χ4v) is 4.72. The van der Waals surface area contributed by atoms with Gasteiger partial charge in [-0.1, -0.05) is 0 Å². The number of aryl methyl sites for hydroxylation is 2. The van der Waals surface area contributed by atoms with Gasteiger partial charge in [0, 0.05) is 50.1 Å². The Balaban J connectivity index is 1.44. The molecule has 2 fully saturated rings. The van der Waals surface area contributed by atoms with Gasteiger partial charge in [-0.2, -0.15) is 5.10 Å². The van der Waals surface area contributed by atoms with Gasteiger partial charge >= 0.3 is 0 Å². The predicted octanol–water partition coefficient (Wildman–Crippen LogP) is 1.74. The smallest absolute Gasteiger partial charge is 0.258 e. The largest absolute Gasteiger partial charge is 0.378 e. The van der Waals surface area contributed by atoms with Gasteiger partial charge in [0.2, 0.25) is 5.95 Å². The topological polar surface area (TPSA) is 76.4 Å². The number of aromatic nitrogens is 4. The van der Waals surface area contributed by atoms with Crippen LogP contribution < -0.4 is 4.90 Å². The van der Waals surface area contributed by atoms with E-state index in [1.54, 1.807) is 0 Å². The standard InChI is InChI=1S/C20H26N6O2/c1-3-25-12-16(13(2)23-25)19(27)26-14-4-5-18(26)15-11-21-20(22-17(15)10-14)24-6-8-28-9-7-24/h11-12,14,18H,3-10H2,1-2H3. The molecule has 28 heavy (non-hydrogen) atoms. The van der Waals surface area contributed by atoms with Crippen molar-refractivity contribution in [2.75, 3.05) is 31.2 Å². The molecule has 2 aromatic heterocycles. The van der Waals surface area contributed by atoms with Crippen LogP contribution in [0.15, 0.2) is 12.4 Å². The first-order valence-corrected chi connectivity index (χ1v) is 10.2. The zero-order valence-electron chi connectivity index (χ0n) is 16.5. The Bertz CT molecular complexity index is 904. The third-order valence-corrected chi connectivity index (χ3v) is 6.21. The molecule has 1 amide bonds. The summed E-state index contributed by atoms with van der Waals surface area (Å²) in [6, 6.07) is 0.284. The molecule has 2 atom stereocenters. The Morgan fingerprint density at radius 1 is 1.29 bits per heavy atom. The zero-order chi connectivity index (χ0) is 19.3. The van der Waals surface area contributed by atoms with Gasteiger partial charge < -0.3 is 14.5 Å². The summed E-state index contributed by atoms with van der Waals surface area (Å²) in [4.78, 5) is 27.1. The molecule has 0 N–H and O–H groups in total. The highest BCUT2D eigenvalue weighted by atomic mass is 16.5. The number of ether oxygens (including phenoxy) is 1. The fourth-order valence-electron chi connectivity index (χ4n) is 4.72. The van der Waals surface area contributed by atoms with Gasteiger partial charge in [0.05, 0.1) is 36.2 Å². The number of anilines is 1. The van der Waals surface area contributed by atoms with Crippen molar-refractivity contribution in [1.82, 2.24) is 24.6 Å². The van der Waals surface area contributed by atoms with E-state index < -0.39 is 0 Å². The summed E-state index contributed by atoms with van der Waals surface area (Å²) >= 11 is 0. The van der Waals surface area contributed by atoms with Gasteiger partial charge in [0.1, 0.15) is 0 Å². The SMILES string of the molecule is CCn1cc(C(=O)N2C3CCC2c2cnc(N4CCOCC4)nc2C3)c(C)n1. The summed E-state index contributed by atoms with van der Waals surface area (Å²) in [6.07, 6.45) is 6.62. The van der Waals surface area contributed by atoms with Gasteiger partial charge in [-0.05, 0) is 26.7 Å². The molecule has 5 rings (SSSR count). The number of amides is 1. The summed E-state index contributed by atoms with van der Waals surface area (Å²) in [5, 5.41) is 4.45. The highest BCUT2D eigenvalue weighted by Crippen LogP contribution is 2.44. The van der Waals surface area contributed by atoms with E-state index in [0.717, 1.165) is 75.0 Å². The van der Waals surface area contributed by atoms with E-state index in [2.05, 4.69) is 19.9 Å². The summed E-state index contributed by atoms with van der Waals surface area (Å²) in [7, 11) is 0. The van der Waals surface area contributed by atoms with Gasteiger partial charge in [0.15, 0.2) is 0 Å². The van der Waals surface area contributed by atoms with E-state index in [-0.39, 0.29) is 18.0 Å². The maximum atomic E-state index is 13.3. The van der Waals surface area contributed by atoms with E-state index >= 15 is 0 Å². The van der Waals surface area contributed by atoms with E-state index in [0.29, 0.717) is 5.56 Å². The third-order valence-electron chi connectivity index (χ3n) is 6.21. The first kappa shape index (κ1) is 17.6. The number of nitrogens with zero attached hydrogens (tertiary/aromatic N) is 6. The Hall–Kier alpha value is -2.48. The maximum absolute atomic E-state index is 13.3. The average molecular weight is 382 g/mol. The quantitative estimate of drug-likeness (QED) is 0.805. The number of hydrogen-bond acceptors (Lipinski definition) is 6. The minimum absolute atomic E-state index is 0.0735. The maximum Gasteiger partial charge on any atom is 0.258 e. The van der Waals surface area contributed by atoms with Crippen molar-refractivity contribution in [2.45, 2.75) is 51.7 Å². The highest BCUT2D eigenvalue weighted by Gasteiger charge is 2.44. The lowest BCUT2D eigenvalue weighted by molar-refractivity contribution is 0.0643. The Labute approximate surface area is 164 Å². The molecular weight excluding hydrogens is 356 g/mol. The Kier molecular flexibility index (Phi) is 4.30. The lowest BCUT2D eigenvalue weighted by atomic mass is 9.98. The highest BCUT2D eigenvalue weighted by molar-refractivity contribution is 5.96. The molecule has 3 aliphatic rings. The molecule has 8 nitrogen and oxygen atoms in total. The van der Waals surface area contributed by atoms with Crippen LogP contribution in [-0.4, -0.2) is 62.9 Å². The van der Waals surface area contributed by atoms with Gasteiger partial charge in [-0.3, -0.25) is 9.48 Å². The Morgan fingerprint density at radius 2 is 2.11 bits per heavy atom. The molecular formula is C20H26N6O2. The second-order valence-corrected chi connectivity index (χ2v) is 7.82. The minimum Gasteiger partial charge on any atom is -0.378 e. The van der Waals surface area contributed by atoms with Crippen molar-refractivity contribution < 1.29 is 9.53 Å². The number of fused-ring (bicyclic) bond motifs is 4. The van der Waals surface area contributed by atoms with Gasteiger partial charge in [0.25, 0.3) is 5.91 Å². The number of morpholine rings is 1. The molecule has 148 valence electrons. The van der Waals surface area contributed by atoms with Crippen LogP contribution in [0.3, 0.4) is 0 Å². The van der Waals surface area contributed by atoms with E-state index in [9.17, 15) is 4.79 Å². The van der Waals surface area contributed by atoms with Crippen molar-refractivity contribution in [3.63, 3.8) is 0 Å². The Morgan fingerprint density at radius 3 is 2.86 bits per heavy atom. The predicted molar refractivity (Wildman–Crippen MR) is 103 cm³/mol. The molecule has 2 aromatic rings. The second kappa shape index (κ2) is 6.84. The van der Waals surface area contributed by atoms with Crippen LogP contribution in [0.2, 0.25) is 0 Å². The van der Waals surface area contributed by atoms with Crippen LogP contribution in [0.25, 0.3) is 0 Å². The number of carbonyl (C=O) groups is 1. The van der Waals surface area contributed by atoms with Crippen molar-refractivity contribution >= 4 is 11.9 Å². The van der Waals surface area contributed by atoms with Crippen LogP contribution in [-0.2, 0) is 17.7 Å². The van der Waals surface area contributed by atoms with Crippen molar-refractivity contribution in [3.05, 3.63) is 34.9 Å². The lowest BCUT2D eigenvalue weighted by Gasteiger charge is -2.36. The van der Waals surface area contributed by atoms with Crippen molar-refractivity contribution in [3.8, 4) is 0 Å². The first-order valence-electron chi connectivity index (χ1n) is 10.2. The zero-order valence-corrected chi connectivity index (χ0v) is 16.5. The molecule has 5 heterocycles. The molecule has 0 radical (unpaired) electrons. The molecule has 8 heteroatoms. The number of carbonyl (C=O) groups excluding carboxylic acids is 1. The normalized spacial score (nSPS) is 23.8. The molecule has 2 unspecified atom stereocenters. The summed E-state index contributed by atoms with van der Waals surface area (Å²) in [6.45, 7) is 7.81. The monoisotopic (exact) mass is 382 g/mol. The van der Waals surface area contributed by atoms with Crippen molar-refractivity contribution in [1.29, 1.82) is 0 Å². The molecule has 2 bridgehead atoms. The van der Waals surface area contributed by atoms with E-state index in [1.807, 2.05) is 30.9 Å². The molecule has 0 aromatic carbocycles. The van der Waals surface area contributed by atoms with Gasteiger partial charge in [-0.25, -0.2) is 9.97 Å². The number of hydrogen-bond donors (Lipinski definition) is 0. The molecule has 0 saturated carbocycles.